The van der Waals surface area contributed by atoms with E-state index in [-0.39, 0.29) is 112 Å². The number of methoxy groups -OCH3 is 1. The van der Waals surface area contributed by atoms with Crippen molar-refractivity contribution in [3.8, 4) is 28.4 Å². The molecule has 0 aliphatic heterocycles. The third-order valence-corrected chi connectivity index (χ3v) is 10.8. The van der Waals surface area contributed by atoms with Gasteiger partial charge < -0.3 is 31.0 Å². The van der Waals surface area contributed by atoms with E-state index in [0.29, 0.717) is 29.1 Å². The number of hydrogen-bond acceptors (Lipinski definition) is 18. The monoisotopic (exact) mass is 914 g/mol. The van der Waals surface area contributed by atoms with E-state index in [1.807, 2.05) is 0 Å². The van der Waals surface area contributed by atoms with Crippen molar-refractivity contribution in [1.29, 1.82) is 0 Å². The number of nitrogens with two attached hydrogens (primary N) is 2. The van der Waals surface area contributed by atoms with E-state index in [2.05, 4.69) is 30.7 Å². The SMILES string of the molecule is COc1ccc(N=Nc2c(S(=O)(=O)O)cc3cc(S(=O)(=O)O)c(N=Nc4ccc(-c5ccc(N=Nc6ccc([O-])cc6N)cc5)cc4)c(N)c3c2[O-])c(S(=O)(=O)[O-])c1.[Na+].[Na+].[Na+]. The Hall–Kier alpha value is -3.89. The van der Waals surface area contributed by atoms with Crippen LogP contribution in [0.3, 0.4) is 0 Å². The summed E-state index contributed by atoms with van der Waals surface area (Å²) in [4.78, 5) is -3.14. The summed E-state index contributed by atoms with van der Waals surface area (Å²) in [6.45, 7) is 0. The molecule has 20 nitrogen and oxygen atoms in total. The second-order valence-corrected chi connectivity index (χ2v) is 16.1. The minimum Gasteiger partial charge on any atom is -0.872 e. The van der Waals surface area contributed by atoms with Gasteiger partial charge in [0.2, 0.25) is 0 Å². The van der Waals surface area contributed by atoms with E-state index in [4.69, 9.17) is 16.2 Å². The molecule has 298 valence electrons. The Morgan fingerprint density at radius 3 is 1.54 bits per heavy atom. The molecule has 6 aromatic carbocycles. The van der Waals surface area contributed by atoms with Crippen LogP contribution in [0.4, 0.5) is 45.5 Å². The summed E-state index contributed by atoms with van der Waals surface area (Å²) in [5, 5.41) is 47.3. The Labute approximate surface area is 414 Å². The van der Waals surface area contributed by atoms with Gasteiger partial charge in [-0.2, -0.15) is 27.1 Å². The number of hydrogen-bond donors (Lipinski definition) is 4. The molecule has 6 rings (SSSR count). The predicted octanol–water partition coefficient (Wildman–Crippen LogP) is -2.52. The summed E-state index contributed by atoms with van der Waals surface area (Å²) in [5.74, 6) is -1.68. The van der Waals surface area contributed by atoms with E-state index in [1.165, 1.54) is 43.5 Å². The molecule has 26 heteroatoms. The van der Waals surface area contributed by atoms with Crippen molar-refractivity contribution in [1.82, 2.24) is 0 Å². The number of nitrogens with zero attached hydrogens (tertiary/aromatic N) is 6. The first-order chi connectivity index (χ1) is 27.2. The first-order valence-corrected chi connectivity index (χ1v) is 20.2. The summed E-state index contributed by atoms with van der Waals surface area (Å²) in [7, 11) is -14.5. The van der Waals surface area contributed by atoms with Crippen molar-refractivity contribution in [2.75, 3.05) is 18.6 Å². The summed E-state index contributed by atoms with van der Waals surface area (Å²) in [5.41, 5.74) is 11.5. The van der Waals surface area contributed by atoms with Crippen LogP contribution in [0.15, 0.2) is 142 Å². The van der Waals surface area contributed by atoms with Gasteiger partial charge in [-0.3, -0.25) is 9.11 Å². The predicted molar refractivity (Wildman–Crippen MR) is 203 cm³/mol. The maximum atomic E-state index is 13.8. The standard InChI is InChI=1S/C35H28N8O12S3.3Na/c1-55-24-11-13-27(28(17-24)56(46,47)48)41-43-34-30(58(52,53)54)15-20-14-29(57(49,50)51)33(32(37)31(20)35(34)45)42-39-22-8-4-19(5-9-22)18-2-6-21(7-3-18)38-40-26-12-10-23(44)16-25(26)36;;;/h2-17,44-45H,36-37H2,1H3,(H,46,47,48)(H,49,50,51)(H,52,53,54);;;/q;3*+1/p-3. The van der Waals surface area contributed by atoms with Crippen molar-refractivity contribution in [3.05, 3.63) is 97.1 Å². The Bertz CT molecular complexity index is 3070. The Morgan fingerprint density at radius 2 is 1.05 bits per heavy atom. The number of nitrogen functional groups attached to an aromatic ring is 2. The Balaban J connectivity index is 0.00000331. The number of fused-ring (bicyclic) bond motifs is 1. The molecular weight excluding hydrogens is 890 g/mol. The van der Waals surface area contributed by atoms with Gasteiger partial charge in [0.1, 0.15) is 42.7 Å². The zero-order valence-corrected chi connectivity index (χ0v) is 40.7. The maximum Gasteiger partial charge on any atom is 1.00 e. The largest absolute Gasteiger partial charge is 1.00 e. The van der Waals surface area contributed by atoms with Gasteiger partial charge in [0.15, 0.2) is 0 Å². The van der Waals surface area contributed by atoms with Crippen LogP contribution >= 0.6 is 0 Å². The van der Waals surface area contributed by atoms with E-state index < -0.39 is 84.3 Å². The zero-order chi connectivity index (χ0) is 42.2. The van der Waals surface area contributed by atoms with Crippen LogP contribution < -0.4 is 115 Å². The van der Waals surface area contributed by atoms with Crippen LogP contribution in [0.25, 0.3) is 21.9 Å². The van der Waals surface area contributed by atoms with Gasteiger partial charge in [-0.1, -0.05) is 36.1 Å². The third kappa shape index (κ3) is 12.0. The normalized spacial score (nSPS) is 12.0. The van der Waals surface area contributed by atoms with Gasteiger partial charge in [-0.15, -0.1) is 26.2 Å². The Kier molecular flexibility index (Phi) is 17.3. The number of ether oxygens (including phenoxy) is 1. The topological polar surface area (TPSA) is 347 Å². The van der Waals surface area contributed by atoms with Gasteiger partial charge >= 0.3 is 88.7 Å². The maximum absolute atomic E-state index is 13.8. The molecule has 0 bridgehead atoms. The fourth-order valence-electron chi connectivity index (χ4n) is 5.38. The molecule has 0 radical (unpaired) electrons. The molecule has 0 saturated heterocycles. The van der Waals surface area contributed by atoms with Crippen LogP contribution in [0, 0.1) is 0 Å². The smallest absolute Gasteiger partial charge is 0.872 e. The van der Waals surface area contributed by atoms with E-state index in [1.54, 1.807) is 36.4 Å². The minimum absolute atomic E-state index is 0. The van der Waals surface area contributed by atoms with Crippen LogP contribution in [-0.2, 0) is 30.4 Å². The molecule has 0 heterocycles. The quantitative estimate of drug-likeness (QED) is 0.0452. The van der Waals surface area contributed by atoms with E-state index in [0.717, 1.165) is 17.7 Å². The van der Waals surface area contributed by atoms with Crippen molar-refractivity contribution in [3.63, 3.8) is 0 Å². The molecule has 0 spiro atoms. The second-order valence-electron chi connectivity index (χ2n) is 11.9. The Morgan fingerprint density at radius 1 is 0.574 bits per heavy atom. The first-order valence-electron chi connectivity index (χ1n) is 16.0. The van der Waals surface area contributed by atoms with Gasteiger partial charge in [0.25, 0.3) is 20.2 Å². The van der Waals surface area contributed by atoms with Crippen LogP contribution in [-0.4, -0.2) is 46.0 Å². The molecule has 0 aromatic heterocycles. The molecule has 0 atom stereocenters. The molecule has 0 saturated carbocycles. The fraction of sp³-hybridized carbons (Fsp3) is 0.0286. The number of benzene rings is 6. The average molecular weight is 915 g/mol. The molecule has 0 amide bonds. The molecule has 0 fully saturated rings. The first kappa shape index (κ1) is 51.5. The van der Waals surface area contributed by atoms with Gasteiger partial charge in [0.05, 0.1) is 40.4 Å². The van der Waals surface area contributed by atoms with Crippen molar-refractivity contribution in [2.45, 2.75) is 14.7 Å². The molecule has 0 unspecified atom stereocenters. The minimum atomic E-state index is -5.33. The second kappa shape index (κ2) is 20.5. The van der Waals surface area contributed by atoms with E-state index >= 15 is 0 Å². The summed E-state index contributed by atoms with van der Waals surface area (Å²) in [6.07, 6.45) is 0. The molecule has 6 N–H and O–H groups in total. The molecule has 61 heavy (non-hydrogen) atoms. The van der Waals surface area contributed by atoms with E-state index in [9.17, 15) is 49.1 Å². The van der Waals surface area contributed by atoms with Crippen molar-refractivity contribution >= 4 is 86.6 Å². The molecule has 0 aliphatic rings. The summed E-state index contributed by atoms with van der Waals surface area (Å²) < 4.78 is 110. The van der Waals surface area contributed by atoms with Crippen LogP contribution in [0.5, 0.6) is 17.2 Å². The fourth-order valence-corrected chi connectivity index (χ4v) is 7.33. The van der Waals surface area contributed by atoms with Gasteiger partial charge in [-0.05, 0) is 83.2 Å². The van der Waals surface area contributed by atoms with Crippen LogP contribution in [0.2, 0.25) is 0 Å². The zero-order valence-electron chi connectivity index (χ0n) is 32.3. The summed E-state index contributed by atoms with van der Waals surface area (Å²) in [6, 6.07) is 21.5. The summed E-state index contributed by atoms with van der Waals surface area (Å²) >= 11 is 0. The average Bonchev–Trinajstić information content (AvgIpc) is 3.15. The van der Waals surface area contributed by atoms with Gasteiger partial charge in [0, 0.05) is 5.39 Å². The third-order valence-electron chi connectivity index (χ3n) is 8.15. The number of anilines is 2. The van der Waals surface area contributed by atoms with Gasteiger partial charge in [-0.25, -0.2) is 8.42 Å². The van der Waals surface area contributed by atoms with Crippen LogP contribution in [0.1, 0.15) is 0 Å². The number of rotatable bonds is 11. The van der Waals surface area contributed by atoms with Crippen molar-refractivity contribution in [2.24, 2.45) is 30.7 Å². The molecular formula is C35H25N8Na3O12S3. The number of azo groups is 3. The molecule has 0 aliphatic carbocycles. The van der Waals surface area contributed by atoms with Crippen molar-refractivity contribution < 1.29 is 143 Å². The molecule has 6 aromatic rings.